The number of hydrogen-bond donors (Lipinski definition) is 1. The standard InChI is InChI=1S/C6H9N3O2S/c1-2-9-4-7-8-6(9)12-3-5(10)11/h4H,2-3H2,1H3,(H,10,11). The maximum Gasteiger partial charge on any atom is 0.313 e. The molecule has 1 aromatic heterocycles. The minimum Gasteiger partial charge on any atom is -0.481 e. The van der Waals surface area contributed by atoms with E-state index in [1.165, 1.54) is 11.8 Å². The zero-order chi connectivity index (χ0) is 8.97. The highest BCUT2D eigenvalue weighted by molar-refractivity contribution is 7.99. The monoisotopic (exact) mass is 187 g/mol. The molecule has 66 valence electrons. The van der Waals surface area contributed by atoms with Gasteiger partial charge in [-0.2, -0.15) is 0 Å². The minimum atomic E-state index is -0.842. The van der Waals surface area contributed by atoms with Crippen molar-refractivity contribution in [3.63, 3.8) is 0 Å². The van der Waals surface area contributed by atoms with E-state index in [1.807, 2.05) is 6.92 Å². The third-order valence-corrected chi connectivity index (χ3v) is 2.21. The van der Waals surface area contributed by atoms with Gasteiger partial charge in [-0.1, -0.05) is 11.8 Å². The SMILES string of the molecule is CCn1cnnc1SCC(=O)O. The number of carbonyl (C=O) groups is 1. The first kappa shape index (κ1) is 9.05. The maximum atomic E-state index is 10.2. The van der Waals surface area contributed by atoms with Gasteiger partial charge in [0.1, 0.15) is 6.33 Å². The number of carboxylic acids is 1. The summed E-state index contributed by atoms with van der Waals surface area (Å²) in [6, 6.07) is 0. The zero-order valence-electron chi connectivity index (χ0n) is 6.60. The molecule has 5 nitrogen and oxygen atoms in total. The van der Waals surface area contributed by atoms with E-state index in [0.717, 1.165) is 6.54 Å². The van der Waals surface area contributed by atoms with Crippen LogP contribution in [0.1, 0.15) is 6.92 Å². The van der Waals surface area contributed by atoms with Gasteiger partial charge in [-0.25, -0.2) is 0 Å². The van der Waals surface area contributed by atoms with E-state index in [2.05, 4.69) is 10.2 Å². The van der Waals surface area contributed by atoms with Gasteiger partial charge < -0.3 is 9.67 Å². The third kappa shape index (κ3) is 2.23. The van der Waals surface area contributed by atoms with Crippen molar-refractivity contribution in [3.05, 3.63) is 6.33 Å². The summed E-state index contributed by atoms with van der Waals surface area (Å²) in [5.41, 5.74) is 0. The normalized spacial score (nSPS) is 10.1. The number of aromatic nitrogens is 3. The molecule has 0 radical (unpaired) electrons. The second kappa shape index (κ2) is 4.10. The molecule has 12 heavy (non-hydrogen) atoms. The number of rotatable bonds is 4. The van der Waals surface area contributed by atoms with E-state index >= 15 is 0 Å². The second-order valence-electron chi connectivity index (χ2n) is 2.08. The lowest BCUT2D eigenvalue weighted by Gasteiger charge is -1.99. The topological polar surface area (TPSA) is 68.0 Å². The molecule has 1 rings (SSSR count). The van der Waals surface area contributed by atoms with Crippen molar-refractivity contribution in [1.82, 2.24) is 14.8 Å². The number of hydrogen-bond acceptors (Lipinski definition) is 4. The number of aryl methyl sites for hydroxylation is 1. The van der Waals surface area contributed by atoms with Crippen molar-refractivity contribution in [1.29, 1.82) is 0 Å². The molecule has 0 aliphatic rings. The summed E-state index contributed by atoms with van der Waals surface area (Å²) in [5.74, 6) is -0.816. The van der Waals surface area contributed by atoms with Crippen molar-refractivity contribution in [2.45, 2.75) is 18.6 Å². The van der Waals surface area contributed by atoms with E-state index in [9.17, 15) is 4.79 Å². The predicted octanol–water partition coefficient (Wildman–Crippen LogP) is 0.475. The molecule has 0 atom stereocenters. The summed E-state index contributed by atoms with van der Waals surface area (Å²) in [5, 5.41) is 16.5. The summed E-state index contributed by atoms with van der Waals surface area (Å²) in [6.07, 6.45) is 1.59. The van der Waals surface area contributed by atoms with Gasteiger partial charge in [-0.05, 0) is 6.92 Å². The fraction of sp³-hybridized carbons (Fsp3) is 0.500. The molecule has 1 aromatic rings. The summed E-state index contributed by atoms with van der Waals surface area (Å²) >= 11 is 1.18. The van der Waals surface area contributed by atoms with Gasteiger partial charge in [-0.3, -0.25) is 4.79 Å². The van der Waals surface area contributed by atoms with Crippen molar-refractivity contribution < 1.29 is 9.90 Å². The minimum absolute atomic E-state index is 0.0265. The number of nitrogens with zero attached hydrogens (tertiary/aromatic N) is 3. The summed E-state index contributed by atoms with van der Waals surface area (Å²) < 4.78 is 1.80. The lowest BCUT2D eigenvalue weighted by Crippen LogP contribution is -2.01. The molecule has 0 fully saturated rings. The van der Waals surface area contributed by atoms with Crippen molar-refractivity contribution in [2.24, 2.45) is 0 Å². The molecule has 0 aromatic carbocycles. The van der Waals surface area contributed by atoms with Gasteiger partial charge in [0.25, 0.3) is 0 Å². The lowest BCUT2D eigenvalue weighted by molar-refractivity contribution is -0.133. The van der Waals surface area contributed by atoms with Crippen LogP contribution in [0, 0.1) is 0 Å². The maximum absolute atomic E-state index is 10.2. The Bertz CT molecular complexity index is 274. The fourth-order valence-electron chi connectivity index (χ4n) is 0.699. The summed E-state index contributed by atoms with van der Waals surface area (Å²) in [4.78, 5) is 10.2. The molecular weight excluding hydrogens is 178 g/mol. The Morgan fingerprint density at radius 3 is 3.17 bits per heavy atom. The van der Waals surface area contributed by atoms with Crippen LogP contribution in [0.3, 0.4) is 0 Å². The van der Waals surface area contributed by atoms with Crippen LogP contribution < -0.4 is 0 Å². The highest BCUT2D eigenvalue weighted by Crippen LogP contribution is 2.13. The van der Waals surface area contributed by atoms with E-state index in [0.29, 0.717) is 5.16 Å². The van der Waals surface area contributed by atoms with Crippen LogP contribution in [0.5, 0.6) is 0 Å². The highest BCUT2D eigenvalue weighted by atomic mass is 32.2. The van der Waals surface area contributed by atoms with E-state index in [-0.39, 0.29) is 5.75 Å². The van der Waals surface area contributed by atoms with E-state index in [4.69, 9.17) is 5.11 Å². The Labute approximate surface area is 73.8 Å². The van der Waals surface area contributed by atoms with Crippen LogP contribution in [-0.4, -0.2) is 31.6 Å². The number of thioether (sulfide) groups is 1. The first-order chi connectivity index (χ1) is 5.74. The highest BCUT2D eigenvalue weighted by Gasteiger charge is 2.05. The molecular formula is C6H9N3O2S. The molecule has 0 aliphatic carbocycles. The summed E-state index contributed by atoms with van der Waals surface area (Å²) in [6.45, 7) is 2.71. The van der Waals surface area contributed by atoms with Crippen molar-refractivity contribution in [3.8, 4) is 0 Å². The molecule has 1 N–H and O–H groups in total. The Balaban J connectivity index is 2.56. The second-order valence-corrected chi connectivity index (χ2v) is 3.02. The third-order valence-electron chi connectivity index (χ3n) is 1.25. The van der Waals surface area contributed by atoms with Crippen LogP contribution in [0.15, 0.2) is 11.5 Å². The molecule has 0 saturated carbocycles. The predicted molar refractivity (Wildman–Crippen MR) is 44.1 cm³/mol. The number of carboxylic acid groups (broad SMARTS) is 1. The smallest absolute Gasteiger partial charge is 0.313 e. The molecule has 1 heterocycles. The fourth-order valence-corrected chi connectivity index (χ4v) is 1.40. The van der Waals surface area contributed by atoms with Crippen LogP contribution >= 0.6 is 11.8 Å². The van der Waals surface area contributed by atoms with Gasteiger partial charge in [0, 0.05) is 6.54 Å². The van der Waals surface area contributed by atoms with Gasteiger partial charge in [0.15, 0.2) is 5.16 Å². The van der Waals surface area contributed by atoms with E-state index in [1.54, 1.807) is 10.9 Å². The quantitative estimate of drug-likeness (QED) is 0.694. The van der Waals surface area contributed by atoms with Crippen molar-refractivity contribution >= 4 is 17.7 Å². The average Bonchev–Trinajstić information content (AvgIpc) is 2.47. The molecule has 0 aliphatic heterocycles. The lowest BCUT2D eigenvalue weighted by atomic mass is 10.7. The number of aliphatic carboxylic acids is 1. The van der Waals surface area contributed by atoms with Crippen molar-refractivity contribution in [2.75, 3.05) is 5.75 Å². The molecule has 0 spiro atoms. The molecule has 6 heteroatoms. The average molecular weight is 187 g/mol. The largest absolute Gasteiger partial charge is 0.481 e. The van der Waals surface area contributed by atoms with E-state index < -0.39 is 5.97 Å². The van der Waals surface area contributed by atoms with Crippen LogP contribution in [-0.2, 0) is 11.3 Å². The first-order valence-corrected chi connectivity index (χ1v) is 4.45. The zero-order valence-corrected chi connectivity index (χ0v) is 7.41. The van der Waals surface area contributed by atoms with Gasteiger partial charge in [-0.15, -0.1) is 10.2 Å². The van der Waals surface area contributed by atoms with Crippen LogP contribution in [0.25, 0.3) is 0 Å². The molecule has 0 saturated heterocycles. The van der Waals surface area contributed by atoms with Crippen LogP contribution in [0.4, 0.5) is 0 Å². The Hall–Kier alpha value is -1.04. The molecule has 0 bridgehead atoms. The Morgan fingerprint density at radius 2 is 2.58 bits per heavy atom. The Morgan fingerprint density at radius 1 is 1.83 bits per heavy atom. The van der Waals surface area contributed by atoms with Crippen LogP contribution in [0.2, 0.25) is 0 Å². The molecule has 0 unspecified atom stereocenters. The Kier molecular flexibility index (Phi) is 3.09. The van der Waals surface area contributed by atoms with Gasteiger partial charge in [0.2, 0.25) is 0 Å². The molecule has 0 amide bonds. The first-order valence-electron chi connectivity index (χ1n) is 3.46. The summed E-state index contributed by atoms with van der Waals surface area (Å²) in [7, 11) is 0. The van der Waals surface area contributed by atoms with Gasteiger partial charge in [0.05, 0.1) is 5.75 Å². The van der Waals surface area contributed by atoms with Gasteiger partial charge >= 0.3 is 5.97 Å².